The lowest BCUT2D eigenvalue weighted by Crippen LogP contribution is -2.07. The smallest absolute Gasteiger partial charge is 0.316 e. The third-order valence-electron chi connectivity index (χ3n) is 3.97. The Bertz CT molecular complexity index is 1050. The Labute approximate surface area is 167 Å². The molecule has 0 spiro atoms. The summed E-state index contributed by atoms with van der Waals surface area (Å²) >= 11 is 0. The van der Waals surface area contributed by atoms with Crippen LogP contribution in [0.1, 0.15) is 11.1 Å². The molecule has 7 nitrogen and oxygen atoms in total. The van der Waals surface area contributed by atoms with E-state index in [0.717, 1.165) is 11.1 Å². The van der Waals surface area contributed by atoms with Gasteiger partial charge in [-0.1, -0.05) is 12.1 Å². The lowest BCUT2D eigenvalue weighted by atomic mass is 10.1. The normalized spacial score (nSPS) is 12.2. The number of hydrogen-bond donors (Lipinski definition) is 2. The summed E-state index contributed by atoms with van der Waals surface area (Å²) < 4.78 is 30.0. The molecule has 1 aromatic heterocycles. The highest BCUT2D eigenvalue weighted by atomic mass is 31.1. The molecule has 2 N–H and O–H groups in total. The van der Waals surface area contributed by atoms with Gasteiger partial charge in [0.25, 0.3) is 0 Å². The van der Waals surface area contributed by atoms with Crippen molar-refractivity contribution in [3.05, 3.63) is 77.7 Å². The standard InChI is InChI=1S/C20H19FN3O4P/c1-24-12-16(20(23-24)15-4-7-17(21)8-5-15)6-11-19(25)22-18-9-2-14(3-10-18)13-28-29(26)27/h2-12,29H,13H2,1H3,(H,22,25)(H,26,27)/b11-6+. The molecule has 2 aromatic carbocycles. The molecule has 0 aliphatic rings. The van der Waals surface area contributed by atoms with Gasteiger partial charge in [-0.2, -0.15) is 5.10 Å². The molecule has 0 radical (unpaired) electrons. The lowest BCUT2D eigenvalue weighted by Gasteiger charge is -2.04. The zero-order chi connectivity index (χ0) is 20.8. The molecule has 0 aliphatic heterocycles. The van der Waals surface area contributed by atoms with Gasteiger partial charge in [0.05, 0.1) is 12.3 Å². The van der Waals surface area contributed by atoms with Crippen molar-refractivity contribution in [3.63, 3.8) is 0 Å². The summed E-state index contributed by atoms with van der Waals surface area (Å²) in [7, 11) is -1.21. The molecule has 0 bridgehead atoms. The number of carbonyl (C=O) groups is 1. The van der Waals surface area contributed by atoms with E-state index in [1.54, 1.807) is 60.4 Å². The van der Waals surface area contributed by atoms with Crippen molar-refractivity contribution in [1.82, 2.24) is 9.78 Å². The molecule has 3 aromatic rings. The number of nitrogens with zero attached hydrogens (tertiary/aromatic N) is 2. The Hall–Kier alpha value is -3.06. The van der Waals surface area contributed by atoms with Crippen LogP contribution in [0.4, 0.5) is 10.1 Å². The van der Waals surface area contributed by atoms with Gasteiger partial charge in [0.1, 0.15) is 5.82 Å². The maximum atomic E-state index is 13.1. The van der Waals surface area contributed by atoms with Crippen molar-refractivity contribution < 1.29 is 23.2 Å². The Morgan fingerprint density at radius 1 is 1.24 bits per heavy atom. The molecule has 1 atom stereocenters. The predicted octanol–water partition coefficient (Wildman–Crippen LogP) is 3.78. The Morgan fingerprint density at radius 2 is 1.93 bits per heavy atom. The van der Waals surface area contributed by atoms with Gasteiger partial charge < -0.3 is 14.7 Å². The summed E-state index contributed by atoms with van der Waals surface area (Å²) in [5.74, 6) is -0.659. The molecular formula is C20H19FN3O4P. The van der Waals surface area contributed by atoms with Crippen LogP contribution in [0.5, 0.6) is 0 Å². The molecule has 0 saturated heterocycles. The van der Waals surface area contributed by atoms with Crippen LogP contribution in [0.15, 0.2) is 60.8 Å². The molecule has 0 aliphatic carbocycles. The van der Waals surface area contributed by atoms with Crippen LogP contribution in [0.3, 0.4) is 0 Å². The summed E-state index contributed by atoms with van der Waals surface area (Å²) in [4.78, 5) is 20.9. The average molecular weight is 415 g/mol. The van der Waals surface area contributed by atoms with E-state index in [1.807, 2.05) is 0 Å². The number of benzene rings is 2. The van der Waals surface area contributed by atoms with Crippen LogP contribution < -0.4 is 5.32 Å². The van der Waals surface area contributed by atoms with Gasteiger partial charge in [0.2, 0.25) is 5.91 Å². The first-order chi connectivity index (χ1) is 13.9. The minimum absolute atomic E-state index is 0.0234. The molecular weight excluding hydrogens is 396 g/mol. The van der Waals surface area contributed by atoms with Crippen molar-refractivity contribution >= 4 is 25.9 Å². The van der Waals surface area contributed by atoms with E-state index in [0.29, 0.717) is 16.9 Å². The summed E-state index contributed by atoms with van der Waals surface area (Å²) in [6.45, 7) is 0.0234. The molecule has 0 saturated carbocycles. The van der Waals surface area contributed by atoms with Crippen LogP contribution in [-0.4, -0.2) is 20.6 Å². The predicted molar refractivity (Wildman–Crippen MR) is 109 cm³/mol. The second-order valence-electron chi connectivity index (χ2n) is 6.19. The second-order valence-corrected chi connectivity index (χ2v) is 7.01. The van der Waals surface area contributed by atoms with E-state index in [1.165, 1.54) is 18.2 Å². The summed E-state index contributed by atoms with van der Waals surface area (Å²) in [5, 5.41) is 7.10. The fraction of sp³-hybridized carbons (Fsp3) is 0.100. The summed E-state index contributed by atoms with van der Waals surface area (Å²) in [6.07, 6.45) is 4.80. The number of amides is 1. The number of carbonyl (C=O) groups excluding carboxylic acids is 1. The maximum Gasteiger partial charge on any atom is 0.316 e. The SMILES string of the molecule is Cn1cc(/C=C/C(=O)Nc2ccc(CO[PH](=O)O)cc2)c(-c2ccc(F)cc2)n1. The van der Waals surface area contributed by atoms with Crippen LogP contribution in [-0.2, 0) is 27.5 Å². The third-order valence-corrected chi connectivity index (χ3v) is 4.36. The fourth-order valence-electron chi connectivity index (χ4n) is 2.64. The van der Waals surface area contributed by atoms with Crippen molar-refractivity contribution in [2.45, 2.75) is 6.61 Å². The van der Waals surface area contributed by atoms with Gasteiger partial charge in [0.15, 0.2) is 0 Å². The largest absolute Gasteiger partial charge is 0.326 e. The van der Waals surface area contributed by atoms with E-state index < -0.39 is 8.25 Å². The van der Waals surface area contributed by atoms with Crippen LogP contribution in [0.2, 0.25) is 0 Å². The number of nitrogens with one attached hydrogen (secondary N) is 1. The molecule has 9 heteroatoms. The van der Waals surface area contributed by atoms with Crippen LogP contribution in [0.25, 0.3) is 17.3 Å². The molecule has 1 amide bonds. The van der Waals surface area contributed by atoms with Gasteiger partial charge in [-0.3, -0.25) is 14.0 Å². The first-order valence-electron chi connectivity index (χ1n) is 8.64. The highest BCUT2D eigenvalue weighted by Crippen LogP contribution is 2.23. The number of hydrogen-bond acceptors (Lipinski definition) is 4. The summed E-state index contributed by atoms with van der Waals surface area (Å²) in [6, 6.07) is 12.7. The van der Waals surface area contributed by atoms with E-state index in [9.17, 15) is 13.8 Å². The molecule has 150 valence electrons. The first-order valence-corrected chi connectivity index (χ1v) is 9.90. The fourth-order valence-corrected chi connectivity index (χ4v) is 2.93. The first kappa shape index (κ1) is 20.7. The summed E-state index contributed by atoms with van der Waals surface area (Å²) in [5.41, 5.74) is 3.40. The number of anilines is 1. The van der Waals surface area contributed by atoms with Gasteiger partial charge >= 0.3 is 8.25 Å². The van der Waals surface area contributed by atoms with E-state index >= 15 is 0 Å². The average Bonchev–Trinajstić information content (AvgIpc) is 3.07. The Kier molecular flexibility index (Phi) is 6.72. The molecule has 1 heterocycles. The Balaban J connectivity index is 1.67. The lowest BCUT2D eigenvalue weighted by molar-refractivity contribution is -0.111. The second kappa shape index (κ2) is 9.43. The molecule has 3 rings (SSSR count). The minimum Gasteiger partial charge on any atom is -0.326 e. The zero-order valence-corrected chi connectivity index (χ0v) is 16.5. The molecule has 0 fully saturated rings. The number of halogens is 1. The molecule has 1 unspecified atom stereocenters. The van der Waals surface area contributed by atoms with E-state index in [4.69, 9.17) is 4.89 Å². The quantitative estimate of drug-likeness (QED) is 0.453. The highest BCUT2D eigenvalue weighted by molar-refractivity contribution is 7.32. The highest BCUT2D eigenvalue weighted by Gasteiger charge is 2.09. The topological polar surface area (TPSA) is 93.5 Å². The Morgan fingerprint density at radius 3 is 2.59 bits per heavy atom. The van der Waals surface area contributed by atoms with Crippen LogP contribution >= 0.6 is 8.25 Å². The van der Waals surface area contributed by atoms with Gasteiger partial charge in [-0.25, -0.2) is 4.39 Å². The van der Waals surface area contributed by atoms with Gasteiger partial charge in [-0.15, -0.1) is 0 Å². The van der Waals surface area contributed by atoms with Crippen molar-refractivity contribution in [3.8, 4) is 11.3 Å². The van der Waals surface area contributed by atoms with E-state index in [2.05, 4.69) is 14.9 Å². The number of aromatic nitrogens is 2. The van der Waals surface area contributed by atoms with Gasteiger partial charge in [-0.05, 0) is 48.0 Å². The zero-order valence-electron chi connectivity index (χ0n) is 15.5. The number of aryl methyl sites for hydroxylation is 1. The monoisotopic (exact) mass is 415 g/mol. The van der Waals surface area contributed by atoms with Gasteiger partial charge in [0, 0.05) is 36.1 Å². The van der Waals surface area contributed by atoms with Crippen molar-refractivity contribution in [1.29, 1.82) is 0 Å². The maximum absolute atomic E-state index is 13.1. The third kappa shape index (κ3) is 5.96. The molecule has 29 heavy (non-hydrogen) atoms. The number of rotatable bonds is 7. The van der Waals surface area contributed by atoms with Crippen LogP contribution in [0, 0.1) is 5.82 Å². The van der Waals surface area contributed by atoms with Crippen molar-refractivity contribution in [2.75, 3.05) is 5.32 Å². The van der Waals surface area contributed by atoms with E-state index in [-0.39, 0.29) is 18.3 Å². The minimum atomic E-state index is -2.97. The van der Waals surface area contributed by atoms with Crippen molar-refractivity contribution in [2.24, 2.45) is 7.05 Å².